The van der Waals surface area contributed by atoms with Gasteiger partial charge in [0.05, 0.1) is 6.54 Å². The molecule has 1 aliphatic rings. The molecule has 28 heavy (non-hydrogen) atoms. The number of nitrogens with one attached hydrogen (secondary N) is 2. The Hall–Kier alpha value is -2.73. The average Bonchev–Trinajstić information content (AvgIpc) is 3.14. The molecule has 1 aliphatic heterocycles. The van der Waals surface area contributed by atoms with Gasteiger partial charge in [-0.3, -0.25) is 0 Å². The standard InChI is InChI=1S/C22H30N4O2/c1-4-23-22(25-14-18-5-7-19(8-6-18)15-26(2)3)24-12-11-17-9-10-20-21(13-17)28-16-27-20/h5-10,13H,4,11-12,14-16H2,1-3H3,(H2,23,24,25). The smallest absolute Gasteiger partial charge is 0.231 e. The van der Waals surface area contributed by atoms with Gasteiger partial charge in [-0.05, 0) is 56.3 Å². The number of hydrogen-bond acceptors (Lipinski definition) is 4. The summed E-state index contributed by atoms with van der Waals surface area (Å²) in [4.78, 5) is 6.87. The van der Waals surface area contributed by atoms with Crippen molar-refractivity contribution >= 4 is 5.96 Å². The molecule has 2 N–H and O–H groups in total. The van der Waals surface area contributed by atoms with Gasteiger partial charge in [-0.1, -0.05) is 30.3 Å². The molecule has 0 saturated heterocycles. The number of guanidine groups is 1. The minimum atomic E-state index is 0.310. The van der Waals surface area contributed by atoms with Crippen molar-refractivity contribution in [2.24, 2.45) is 4.99 Å². The van der Waals surface area contributed by atoms with E-state index in [2.05, 4.69) is 66.9 Å². The van der Waals surface area contributed by atoms with E-state index in [1.54, 1.807) is 0 Å². The van der Waals surface area contributed by atoms with E-state index in [4.69, 9.17) is 14.5 Å². The Morgan fingerprint density at radius 1 is 0.964 bits per heavy atom. The number of aliphatic imine (C=N–C) groups is 1. The van der Waals surface area contributed by atoms with Crippen molar-refractivity contribution < 1.29 is 9.47 Å². The fourth-order valence-electron chi connectivity index (χ4n) is 3.05. The Bertz CT molecular complexity index is 788. The molecule has 2 aromatic carbocycles. The number of nitrogens with zero attached hydrogens (tertiary/aromatic N) is 2. The van der Waals surface area contributed by atoms with Crippen LogP contribution in [-0.2, 0) is 19.5 Å². The highest BCUT2D eigenvalue weighted by molar-refractivity contribution is 5.79. The topological polar surface area (TPSA) is 58.1 Å². The molecule has 0 radical (unpaired) electrons. The maximum Gasteiger partial charge on any atom is 0.231 e. The van der Waals surface area contributed by atoms with E-state index in [1.807, 2.05) is 12.1 Å². The van der Waals surface area contributed by atoms with Gasteiger partial charge in [0.1, 0.15) is 0 Å². The normalized spacial score (nSPS) is 13.1. The first-order valence-electron chi connectivity index (χ1n) is 9.77. The number of fused-ring (bicyclic) bond motifs is 1. The molecule has 0 saturated carbocycles. The van der Waals surface area contributed by atoms with Crippen LogP contribution in [0.1, 0.15) is 23.6 Å². The molecule has 0 unspecified atom stereocenters. The number of ether oxygens (including phenoxy) is 2. The molecule has 0 spiro atoms. The minimum absolute atomic E-state index is 0.310. The molecule has 0 atom stereocenters. The highest BCUT2D eigenvalue weighted by Crippen LogP contribution is 2.32. The zero-order valence-corrected chi connectivity index (χ0v) is 17.0. The van der Waals surface area contributed by atoms with Crippen molar-refractivity contribution in [2.45, 2.75) is 26.4 Å². The van der Waals surface area contributed by atoms with Gasteiger partial charge in [-0.15, -0.1) is 0 Å². The van der Waals surface area contributed by atoms with Crippen molar-refractivity contribution in [1.29, 1.82) is 0 Å². The zero-order chi connectivity index (χ0) is 19.8. The third kappa shape index (κ3) is 5.89. The summed E-state index contributed by atoms with van der Waals surface area (Å²) in [5, 5.41) is 6.71. The lowest BCUT2D eigenvalue weighted by atomic mass is 10.1. The van der Waals surface area contributed by atoms with Gasteiger partial charge >= 0.3 is 0 Å². The predicted molar refractivity (Wildman–Crippen MR) is 113 cm³/mol. The van der Waals surface area contributed by atoms with Crippen molar-refractivity contribution in [1.82, 2.24) is 15.5 Å². The molecular weight excluding hydrogens is 352 g/mol. The van der Waals surface area contributed by atoms with Crippen LogP contribution in [0, 0.1) is 0 Å². The maximum absolute atomic E-state index is 5.44. The van der Waals surface area contributed by atoms with Crippen LogP contribution in [-0.4, -0.2) is 44.8 Å². The Labute approximate surface area is 167 Å². The molecule has 3 rings (SSSR count). The first-order valence-corrected chi connectivity index (χ1v) is 9.77. The van der Waals surface area contributed by atoms with Gasteiger partial charge in [0.25, 0.3) is 0 Å². The molecule has 6 heteroatoms. The van der Waals surface area contributed by atoms with Gasteiger partial charge in [0.2, 0.25) is 6.79 Å². The van der Waals surface area contributed by atoms with Crippen LogP contribution in [0.15, 0.2) is 47.5 Å². The Morgan fingerprint density at radius 3 is 2.43 bits per heavy atom. The quantitative estimate of drug-likeness (QED) is 0.543. The van der Waals surface area contributed by atoms with Crippen molar-refractivity contribution in [2.75, 3.05) is 34.0 Å². The zero-order valence-electron chi connectivity index (χ0n) is 17.0. The van der Waals surface area contributed by atoms with Gasteiger partial charge in [0.15, 0.2) is 17.5 Å². The third-order valence-electron chi connectivity index (χ3n) is 4.43. The van der Waals surface area contributed by atoms with E-state index in [1.165, 1.54) is 16.7 Å². The van der Waals surface area contributed by atoms with Crippen LogP contribution < -0.4 is 20.1 Å². The van der Waals surface area contributed by atoms with E-state index in [0.29, 0.717) is 13.3 Å². The second kappa shape index (κ2) is 9.99. The summed E-state index contributed by atoms with van der Waals surface area (Å²) in [6, 6.07) is 14.7. The number of hydrogen-bond donors (Lipinski definition) is 2. The molecule has 0 aromatic heterocycles. The Balaban J connectivity index is 1.51. The summed E-state index contributed by atoms with van der Waals surface area (Å²) < 4.78 is 10.8. The van der Waals surface area contributed by atoms with Gasteiger partial charge < -0.3 is 25.0 Å². The second-order valence-electron chi connectivity index (χ2n) is 7.11. The van der Waals surface area contributed by atoms with E-state index < -0.39 is 0 Å². The highest BCUT2D eigenvalue weighted by Gasteiger charge is 2.12. The summed E-state index contributed by atoms with van der Waals surface area (Å²) in [5.74, 6) is 2.49. The molecule has 1 heterocycles. The lowest BCUT2D eigenvalue weighted by molar-refractivity contribution is 0.174. The van der Waals surface area contributed by atoms with Gasteiger partial charge in [0, 0.05) is 19.6 Å². The van der Waals surface area contributed by atoms with E-state index >= 15 is 0 Å². The van der Waals surface area contributed by atoms with Gasteiger partial charge in [-0.25, -0.2) is 4.99 Å². The number of benzene rings is 2. The highest BCUT2D eigenvalue weighted by atomic mass is 16.7. The fraction of sp³-hybridized carbons (Fsp3) is 0.409. The lowest BCUT2D eigenvalue weighted by Crippen LogP contribution is -2.38. The molecular formula is C22H30N4O2. The summed E-state index contributed by atoms with van der Waals surface area (Å²) in [6.07, 6.45) is 0.889. The van der Waals surface area contributed by atoms with E-state index in [-0.39, 0.29) is 0 Å². The summed E-state index contributed by atoms with van der Waals surface area (Å²) in [5.41, 5.74) is 3.73. The second-order valence-corrected chi connectivity index (χ2v) is 7.11. The van der Waals surface area contributed by atoms with Crippen LogP contribution in [0.25, 0.3) is 0 Å². The molecule has 6 nitrogen and oxygen atoms in total. The van der Waals surface area contributed by atoms with Crippen LogP contribution >= 0.6 is 0 Å². The minimum Gasteiger partial charge on any atom is -0.454 e. The van der Waals surface area contributed by atoms with Crippen LogP contribution in [0.5, 0.6) is 11.5 Å². The summed E-state index contributed by atoms with van der Waals surface area (Å²) in [7, 11) is 4.16. The number of rotatable bonds is 8. The monoisotopic (exact) mass is 382 g/mol. The lowest BCUT2D eigenvalue weighted by Gasteiger charge is -2.12. The molecule has 2 aromatic rings. The average molecular weight is 383 g/mol. The Kier molecular flexibility index (Phi) is 7.14. The van der Waals surface area contributed by atoms with E-state index in [9.17, 15) is 0 Å². The van der Waals surface area contributed by atoms with E-state index in [0.717, 1.165) is 43.5 Å². The van der Waals surface area contributed by atoms with Crippen molar-refractivity contribution in [3.05, 3.63) is 59.2 Å². The molecule has 0 fully saturated rings. The summed E-state index contributed by atoms with van der Waals surface area (Å²) in [6.45, 7) is 5.62. The van der Waals surface area contributed by atoms with Crippen molar-refractivity contribution in [3.8, 4) is 11.5 Å². The largest absolute Gasteiger partial charge is 0.454 e. The first-order chi connectivity index (χ1) is 13.6. The van der Waals surface area contributed by atoms with Gasteiger partial charge in [-0.2, -0.15) is 0 Å². The third-order valence-corrected chi connectivity index (χ3v) is 4.43. The SMILES string of the molecule is CCNC(=NCc1ccc(CN(C)C)cc1)NCCc1ccc2c(c1)OCO2. The van der Waals surface area contributed by atoms with Crippen molar-refractivity contribution in [3.63, 3.8) is 0 Å². The molecule has 0 amide bonds. The Morgan fingerprint density at radius 2 is 1.68 bits per heavy atom. The fourth-order valence-corrected chi connectivity index (χ4v) is 3.05. The van der Waals surface area contributed by atoms with Crippen LogP contribution in [0.2, 0.25) is 0 Å². The predicted octanol–water partition coefficient (Wildman–Crippen LogP) is 2.77. The maximum atomic E-state index is 5.44. The van der Waals surface area contributed by atoms with Crippen LogP contribution in [0.3, 0.4) is 0 Å². The molecule has 150 valence electrons. The van der Waals surface area contributed by atoms with Crippen LogP contribution in [0.4, 0.5) is 0 Å². The summed E-state index contributed by atoms with van der Waals surface area (Å²) >= 11 is 0. The molecule has 0 bridgehead atoms. The first kappa shape index (κ1) is 20.0. The molecule has 0 aliphatic carbocycles.